The molecule has 2 heterocycles. The second kappa shape index (κ2) is 8.50. The van der Waals surface area contributed by atoms with Crippen LogP contribution in [0, 0.1) is 0 Å². The summed E-state index contributed by atoms with van der Waals surface area (Å²) in [5.74, 6) is 1.02. The van der Waals surface area contributed by atoms with Gasteiger partial charge in [0.1, 0.15) is 0 Å². The molecule has 2 aromatic heterocycles. The van der Waals surface area contributed by atoms with Crippen LogP contribution in [-0.2, 0) is 0 Å². The van der Waals surface area contributed by atoms with E-state index in [9.17, 15) is 4.79 Å². The van der Waals surface area contributed by atoms with Gasteiger partial charge in [0.25, 0.3) is 0 Å². The summed E-state index contributed by atoms with van der Waals surface area (Å²) in [6.07, 6.45) is 3.47. The maximum absolute atomic E-state index is 12.5. The van der Waals surface area contributed by atoms with Crippen LogP contribution < -0.4 is 0 Å². The van der Waals surface area contributed by atoms with Crippen LogP contribution >= 0.6 is 27.7 Å². The van der Waals surface area contributed by atoms with Crippen LogP contribution in [0.3, 0.4) is 0 Å². The van der Waals surface area contributed by atoms with E-state index in [-0.39, 0.29) is 11.5 Å². The SMILES string of the molecule is O=C(CSc1nnc(-c2cccnc2)n1-c1ccc(Br)cc1)c1ccccc1. The van der Waals surface area contributed by atoms with E-state index in [0.29, 0.717) is 16.5 Å². The summed E-state index contributed by atoms with van der Waals surface area (Å²) in [5.41, 5.74) is 2.47. The van der Waals surface area contributed by atoms with Gasteiger partial charge in [-0.3, -0.25) is 14.3 Å². The van der Waals surface area contributed by atoms with Crippen molar-refractivity contribution in [3.8, 4) is 17.1 Å². The lowest BCUT2D eigenvalue weighted by molar-refractivity contribution is 0.102. The van der Waals surface area contributed by atoms with Crippen molar-refractivity contribution in [3.05, 3.63) is 89.2 Å². The molecule has 0 spiro atoms. The molecule has 0 aliphatic rings. The van der Waals surface area contributed by atoms with Crippen molar-refractivity contribution in [2.45, 2.75) is 5.16 Å². The fraction of sp³-hybridized carbons (Fsp3) is 0.0476. The molecule has 0 saturated carbocycles. The average Bonchev–Trinajstić information content (AvgIpc) is 3.18. The minimum atomic E-state index is 0.0545. The number of thioether (sulfide) groups is 1. The maximum atomic E-state index is 12.5. The molecule has 4 aromatic rings. The zero-order valence-corrected chi connectivity index (χ0v) is 17.1. The number of ketones is 1. The third-order valence-electron chi connectivity index (χ3n) is 4.07. The molecule has 0 fully saturated rings. The fourth-order valence-corrected chi connectivity index (χ4v) is 3.82. The van der Waals surface area contributed by atoms with Gasteiger partial charge in [0.15, 0.2) is 16.8 Å². The number of aromatic nitrogens is 4. The van der Waals surface area contributed by atoms with Gasteiger partial charge in [-0.1, -0.05) is 58.0 Å². The maximum Gasteiger partial charge on any atom is 0.196 e. The molecule has 0 unspecified atom stereocenters. The van der Waals surface area contributed by atoms with E-state index in [0.717, 1.165) is 15.7 Å². The first-order valence-corrected chi connectivity index (χ1v) is 10.3. The number of nitrogens with zero attached hydrogens (tertiary/aromatic N) is 4. The lowest BCUT2D eigenvalue weighted by Crippen LogP contribution is -2.05. The molecule has 0 aliphatic heterocycles. The highest BCUT2D eigenvalue weighted by Gasteiger charge is 2.17. The summed E-state index contributed by atoms with van der Waals surface area (Å²) in [6, 6.07) is 21.0. The number of Topliss-reactive ketones (excluding diaryl/α,β-unsaturated/α-hetero) is 1. The fourth-order valence-electron chi connectivity index (χ4n) is 2.71. The molecule has 2 aromatic carbocycles. The molecule has 138 valence electrons. The minimum absolute atomic E-state index is 0.0545. The van der Waals surface area contributed by atoms with Crippen LogP contribution in [0.2, 0.25) is 0 Å². The lowest BCUT2D eigenvalue weighted by Gasteiger charge is -2.10. The molecule has 4 rings (SSSR count). The Morgan fingerprint density at radius 1 is 0.964 bits per heavy atom. The zero-order valence-electron chi connectivity index (χ0n) is 14.7. The highest BCUT2D eigenvalue weighted by molar-refractivity contribution is 9.10. The van der Waals surface area contributed by atoms with Crippen molar-refractivity contribution in [1.29, 1.82) is 0 Å². The van der Waals surface area contributed by atoms with E-state index in [1.807, 2.05) is 71.3 Å². The standard InChI is InChI=1S/C21H15BrN4OS/c22-17-8-10-18(11-9-17)26-20(16-7-4-12-23-13-16)24-25-21(26)28-14-19(27)15-5-2-1-3-6-15/h1-13H,14H2. The molecule has 0 amide bonds. The topological polar surface area (TPSA) is 60.7 Å². The Kier molecular flexibility index (Phi) is 5.64. The Morgan fingerprint density at radius 2 is 1.75 bits per heavy atom. The number of hydrogen-bond acceptors (Lipinski definition) is 5. The number of carbonyl (C=O) groups excluding carboxylic acids is 1. The Balaban J connectivity index is 1.68. The van der Waals surface area contributed by atoms with Crippen LogP contribution in [-0.4, -0.2) is 31.3 Å². The smallest absolute Gasteiger partial charge is 0.196 e. The number of halogens is 1. The molecule has 5 nitrogen and oxygen atoms in total. The molecular formula is C21H15BrN4OS. The van der Waals surface area contributed by atoms with Crippen molar-refractivity contribution in [2.24, 2.45) is 0 Å². The summed E-state index contributed by atoms with van der Waals surface area (Å²) in [7, 11) is 0. The summed E-state index contributed by atoms with van der Waals surface area (Å²) in [4.78, 5) is 16.7. The molecule has 0 bridgehead atoms. The molecule has 0 radical (unpaired) electrons. The van der Waals surface area contributed by atoms with Gasteiger partial charge in [-0.15, -0.1) is 10.2 Å². The first-order chi connectivity index (χ1) is 13.7. The number of benzene rings is 2. The second-order valence-corrected chi connectivity index (χ2v) is 7.80. The number of hydrogen-bond donors (Lipinski definition) is 0. The van der Waals surface area contributed by atoms with Crippen molar-refractivity contribution in [3.63, 3.8) is 0 Å². The van der Waals surface area contributed by atoms with Gasteiger partial charge in [0, 0.05) is 33.7 Å². The van der Waals surface area contributed by atoms with Gasteiger partial charge in [-0.2, -0.15) is 0 Å². The third-order valence-corrected chi connectivity index (χ3v) is 5.52. The predicted octanol–water partition coefficient (Wildman–Crippen LogP) is 5.07. The van der Waals surface area contributed by atoms with E-state index in [1.165, 1.54) is 11.8 Å². The zero-order chi connectivity index (χ0) is 19.3. The van der Waals surface area contributed by atoms with E-state index in [1.54, 1.807) is 12.4 Å². The first-order valence-electron chi connectivity index (χ1n) is 8.55. The Bertz CT molecular complexity index is 1080. The Hall–Kier alpha value is -2.77. The van der Waals surface area contributed by atoms with Crippen LogP contribution in [0.5, 0.6) is 0 Å². The van der Waals surface area contributed by atoms with Crippen molar-refractivity contribution >= 4 is 33.5 Å². The van der Waals surface area contributed by atoms with E-state index >= 15 is 0 Å². The van der Waals surface area contributed by atoms with Crippen molar-refractivity contribution in [2.75, 3.05) is 5.75 Å². The predicted molar refractivity (Wildman–Crippen MR) is 114 cm³/mol. The van der Waals surface area contributed by atoms with E-state index < -0.39 is 0 Å². The largest absolute Gasteiger partial charge is 0.293 e. The highest BCUT2D eigenvalue weighted by Crippen LogP contribution is 2.28. The summed E-state index contributed by atoms with van der Waals surface area (Å²) in [5, 5.41) is 9.36. The highest BCUT2D eigenvalue weighted by atomic mass is 79.9. The molecule has 0 atom stereocenters. The summed E-state index contributed by atoms with van der Waals surface area (Å²) < 4.78 is 2.94. The summed E-state index contributed by atoms with van der Waals surface area (Å²) >= 11 is 4.84. The molecule has 0 saturated heterocycles. The first kappa shape index (κ1) is 18.6. The molecule has 7 heteroatoms. The average molecular weight is 451 g/mol. The van der Waals surface area contributed by atoms with Gasteiger partial charge in [0.05, 0.1) is 5.75 Å². The number of carbonyl (C=O) groups is 1. The number of rotatable bonds is 6. The van der Waals surface area contributed by atoms with Gasteiger partial charge in [0.2, 0.25) is 0 Å². The van der Waals surface area contributed by atoms with Gasteiger partial charge >= 0.3 is 0 Å². The normalized spacial score (nSPS) is 10.8. The summed E-state index contributed by atoms with van der Waals surface area (Å²) in [6.45, 7) is 0. The minimum Gasteiger partial charge on any atom is -0.293 e. The van der Waals surface area contributed by atoms with Gasteiger partial charge < -0.3 is 0 Å². The van der Waals surface area contributed by atoms with Crippen LogP contribution in [0.4, 0.5) is 0 Å². The monoisotopic (exact) mass is 450 g/mol. The Morgan fingerprint density at radius 3 is 2.46 bits per heavy atom. The molecule has 0 aliphatic carbocycles. The van der Waals surface area contributed by atoms with Crippen molar-refractivity contribution in [1.82, 2.24) is 19.7 Å². The van der Waals surface area contributed by atoms with Crippen molar-refractivity contribution < 1.29 is 4.79 Å². The number of pyridine rings is 1. The van der Waals surface area contributed by atoms with E-state index in [2.05, 4.69) is 31.1 Å². The Labute approximate surface area is 175 Å². The molecular weight excluding hydrogens is 436 g/mol. The molecule has 28 heavy (non-hydrogen) atoms. The molecule has 0 N–H and O–H groups in total. The second-order valence-electron chi connectivity index (χ2n) is 5.94. The van der Waals surface area contributed by atoms with Crippen LogP contribution in [0.25, 0.3) is 17.1 Å². The van der Waals surface area contributed by atoms with Gasteiger partial charge in [-0.05, 0) is 36.4 Å². The quantitative estimate of drug-likeness (QED) is 0.303. The third kappa shape index (κ3) is 4.05. The van der Waals surface area contributed by atoms with Crippen LogP contribution in [0.15, 0.2) is 88.8 Å². The lowest BCUT2D eigenvalue weighted by atomic mass is 10.2. The van der Waals surface area contributed by atoms with Crippen LogP contribution in [0.1, 0.15) is 10.4 Å². The van der Waals surface area contributed by atoms with E-state index in [4.69, 9.17) is 0 Å². The van der Waals surface area contributed by atoms with Gasteiger partial charge in [-0.25, -0.2) is 0 Å².